The van der Waals surface area contributed by atoms with Gasteiger partial charge in [-0.05, 0) is 74.1 Å². The Hall–Kier alpha value is -1.88. The van der Waals surface area contributed by atoms with Crippen molar-refractivity contribution >= 4 is 17.5 Å². The van der Waals surface area contributed by atoms with Crippen LogP contribution in [0.1, 0.15) is 67.0 Å². The third kappa shape index (κ3) is 3.27. The van der Waals surface area contributed by atoms with Crippen LogP contribution >= 0.6 is 11.6 Å². The summed E-state index contributed by atoms with van der Waals surface area (Å²) in [6.07, 6.45) is 8.00. The third-order valence-corrected chi connectivity index (χ3v) is 6.96. The molecule has 0 bridgehead atoms. The van der Waals surface area contributed by atoms with Gasteiger partial charge >= 0.3 is 0 Å². The average Bonchev–Trinajstić information content (AvgIpc) is 3.53. The molecule has 142 valence electrons. The van der Waals surface area contributed by atoms with E-state index < -0.39 is 0 Å². The van der Waals surface area contributed by atoms with Crippen LogP contribution in [0.25, 0.3) is 0 Å². The molecule has 0 radical (unpaired) electrons. The van der Waals surface area contributed by atoms with Gasteiger partial charge in [0.25, 0.3) is 5.91 Å². The van der Waals surface area contributed by atoms with Gasteiger partial charge in [-0.1, -0.05) is 23.7 Å². The number of aromatic nitrogens is 3. The molecule has 5 rings (SSSR count). The molecular formula is C21H25ClN4O. The second-order valence-corrected chi connectivity index (χ2v) is 8.86. The number of carbonyl (C=O) groups excluding carboxylic acids is 1. The lowest BCUT2D eigenvalue weighted by atomic mass is 9.99. The molecule has 0 saturated heterocycles. The van der Waals surface area contributed by atoms with Gasteiger partial charge in [-0.2, -0.15) is 0 Å². The number of nitrogens with one attached hydrogen (secondary N) is 1. The van der Waals surface area contributed by atoms with E-state index in [1.807, 2.05) is 0 Å². The van der Waals surface area contributed by atoms with Crippen molar-refractivity contribution in [3.8, 4) is 0 Å². The zero-order valence-electron chi connectivity index (χ0n) is 15.5. The van der Waals surface area contributed by atoms with Gasteiger partial charge in [0.2, 0.25) is 0 Å². The van der Waals surface area contributed by atoms with Crippen LogP contribution in [0.15, 0.2) is 30.5 Å². The highest BCUT2D eigenvalue weighted by Gasteiger charge is 2.59. The van der Waals surface area contributed by atoms with Crippen LogP contribution in [0, 0.1) is 17.8 Å². The second-order valence-electron chi connectivity index (χ2n) is 8.42. The smallest absolute Gasteiger partial charge is 0.251 e. The van der Waals surface area contributed by atoms with E-state index in [1.165, 1.54) is 18.5 Å². The highest BCUT2D eigenvalue weighted by Crippen LogP contribution is 2.62. The summed E-state index contributed by atoms with van der Waals surface area (Å²) in [6, 6.07) is 7.85. The summed E-state index contributed by atoms with van der Waals surface area (Å²) in [5.74, 6) is 2.69. The average molecular weight is 385 g/mol. The lowest BCUT2D eigenvalue weighted by Gasteiger charge is -2.21. The summed E-state index contributed by atoms with van der Waals surface area (Å²) in [6.45, 7) is 2.16. The van der Waals surface area contributed by atoms with Gasteiger partial charge in [0.05, 0.1) is 11.7 Å². The topological polar surface area (TPSA) is 59.8 Å². The number of hydrogen-bond donors (Lipinski definition) is 1. The zero-order chi connectivity index (χ0) is 18.5. The molecule has 3 aliphatic carbocycles. The Labute approximate surface area is 164 Å². The normalized spacial score (nSPS) is 28.0. The van der Waals surface area contributed by atoms with Crippen LogP contribution in [0.3, 0.4) is 0 Å². The Kier molecular flexibility index (Phi) is 4.23. The fourth-order valence-corrected chi connectivity index (χ4v) is 5.16. The van der Waals surface area contributed by atoms with Crippen molar-refractivity contribution in [3.63, 3.8) is 0 Å². The summed E-state index contributed by atoms with van der Waals surface area (Å²) in [5, 5.41) is 12.7. The fraction of sp³-hybridized carbons (Fsp3) is 0.571. The number of fused-ring (bicyclic) bond motifs is 1. The van der Waals surface area contributed by atoms with Crippen molar-refractivity contribution in [1.29, 1.82) is 0 Å². The molecule has 3 fully saturated rings. The van der Waals surface area contributed by atoms with Gasteiger partial charge in [-0.3, -0.25) is 4.79 Å². The highest BCUT2D eigenvalue weighted by atomic mass is 35.5. The molecule has 0 aliphatic heterocycles. The molecule has 2 aromatic rings. The first-order valence-corrected chi connectivity index (χ1v) is 10.5. The minimum atomic E-state index is 0.00499. The van der Waals surface area contributed by atoms with Crippen LogP contribution in [0.2, 0.25) is 5.02 Å². The Morgan fingerprint density at radius 2 is 1.96 bits per heavy atom. The van der Waals surface area contributed by atoms with Gasteiger partial charge < -0.3 is 5.32 Å². The van der Waals surface area contributed by atoms with E-state index in [0.29, 0.717) is 40.3 Å². The Morgan fingerprint density at radius 1 is 1.26 bits per heavy atom. The first kappa shape index (κ1) is 17.2. The summed E-state index contributed by atoms with van der Waals surface area (Å²) >= 11 is 5.92. The van der Waals surface area contributed by atoms with Gasteiger partial charge in [-0.15, -0.1) is 5.10 Å². The van der Waals surface area contributed by atoms with E-state index in [2.05, 4.69) is 33.4 Å². The molecule has 1 N–H and O–H groups in total. The van der Waals surface area contributed by atoms with Crippen molar-refractivity contribution in [2.24, 2.45) is 17.8 Å². The van der Waals surface area contributed by atoms with E-state index in [9.17, 15) is 4.79 Å². The van der Waals surface area contributed by atoms with E-state index in [0.717, 1.165) is 19.3 Å². The molecule has 1 amide bonds. The largest absolute Gasteiger partial charge is 0.349 e. The van der Waals surface area contributed by atoms with E-state index in [1.54, 1.807) is 24.3 Å². The van der Waals surface area contributed by atoms with Crippen molar-refractivity contribution < 1.29 is 4.79 Å². The number of carbonyl (C=O) groups is 1. The molecule has 1 aromatic carbocycles. The Morgan fingerprint density at radius 3 is 2.59 bits per heavy atom. The predicted octanol–water partition coefficient (Wildman–Crippen LogP) is 4.21. The molecule has 27 heavy (non-hydrogen) atoms. The summed E-state index contributed by atoms with van der Waals surface area (Å²) < 4.78 is 2.10. The summed E-state index contributed by atoms with van der Waals surface area (Å²) in [5.41, 5.74) is 1.85. The first-order valence-electron chi connectivity index (χ1n) is 10.1. The number of amides is 1. The second kappa shape index (κ2) is 6.62. The fourth-order valence-electron chi connectivity index (χ4n) is 5.03. The lowest BCUT2D eigenvalue weighted by molar-refractivity contribution is 0.0926. The maximum absolute atomic E-state index is 12.6. The molecule has 3 saturated carbocycles. The molecule has 0 spiro atoms. The van der Waals surface area contributed by atoms with Crippen molar-refractivity contribution in [2.75, 3.05) is 0 Å². The van der Waals surface area contributed by atoms with E-state index in [-0.39, 0.29) is 11.9 Å². The van der Waals surface area contributed by atoms with E-state index in [4.69, 9.17) is 11.6 Å². The Bertz CT molecular complexity index is 832. The number of rotatable bonds is 6. The van der Waals surface area contributed by atoms with Crippen LogP contribution in [-0.2, 0) is 0 Å². The third-order valence-electron chi connectivity index (χ3n) is 6.71. The van der Waals surface area contributed by atoms with Gasteiger partial charge in [-0.25, -0.2) is 4.68 Å². The number of hydrogen-bond acceptors (Lipinski definition) is 3. The van der Waals surface area contributed by atoms with Crippen LogP contribution in [-0.4, -0.2) is 26.9 Å². The molecule has 1 heterocycles. The number of nitrogens with zero attached hydrogens (tertiary/aromatic N) is 3. The summed E-state index contributed by atoms with van der Waals surface area (Å²) in [7, 11) is 0. The van der Waals surface area contributed by atoms with Gasteiger partial charge in [0.15, 0.2) is 0 Å². The predicted molar refractivity (Wildman–Crippen MR) is 104 cm³/mol. The maximum Gasteiger partial charge on any atom is 0.251 e. The SMILES string of the molecule is CC[C@@H](NC(=O)c1ccc(Cl)cc1)C1[C@@H]2CC(n3cc(C4CC4)nn3)C[C@@H]12. The van der Waals surface area contributed by atoms with Crippen LogP contribution in [0.5, 0.6) is 0 Å². The van der Waals surface area contributed by atoms with Crippen LogP contribution in [0.4, 0.5) is 0 Å². The number of benzene rings is 1. The first-order chi connectivity index (χ1) is 13.1. The van der Waals surface area contributed by atoms with Gasteiger partial charge in [0.1, 0.15) is 0 Å². The van der Waals surface area contributed by atoms with Gasteiger partial charge in [0, 0.05) is 28.7 Å². The van der Waals surface area contributed by atoms with E-state index >= 15 is 0 Å². The minimum Gasteiger partial charge on any atom is -0.349 e. The monoisotopic (exact) mass is 384 g/mol. The van der Waals surface area contributed by atoms with Crippen molar-refractivity contribution in [2.45, 2.75) is 57.0 Å². The quantitative estimate of drug-likeness (QED) is 0.811. The molecule has 1 aromatic heterocycles. The van der Waals surface area contributed by atoms with Crippen molar-refractivity contribution in [3.05, 3.63) is 46.7 Å². The molecular weight excluding hydrogens is 360 g/mol. The summed E-state index contributed by atoms with van der Waals surface area (Å²) in [4.78, 5) is 12.6. The number of halogens is 1. The molecule has 5 nitrogen and oxygen atoms in total. The molecule has 0 unspecified atom stereocenters. The lowest BCUT2D eigenvalue weighted by Crippen LogP contribution is -2.37. The van der Waals surface area contributed by atoms with Crippen molar-refractivity contribution in [1.82, 2.24) is 20.3 Å². The zero-order valence-corrected chi connectivity index (χ0v) is 16.3. The molecule has 6 heteroatoms. The highest BCUT2D eigenvalue weighted by molar-refractivity contribution is 6.30. The molecule has 3 aliphatic rings. The maximum atomic E-state index is 12.6. The minimum absolute atomic E-state index is 0.00499. The standard InChI is InChI=1S/C21H25ClN4O/c1-2-18(23-21(27)13-5-7-14(22)8-6-13)20-16-9-15(10-17(16)20)26-11-19(24-25-26)12-3-4-12/h5-8,11-12,15-18,20H,2-4,9-10H2,1H3,(H,23,27)/t15?,16-,17-,18-,20?/m1/s1. The van der Waals surface area contributed by atoms with Crippen LogP contribution < -0.4 is 5.32 Å². The Balaban J connectivity index is 1.19. The molecule has 3 atom stereocenters.